The van der Waals surface area contributed by atoms with Gasteiger partial charge < -0.3 is 0 Å². The number of benzene rings is 12. The van der Waals surface area contributed by atoms with E-state index in [0.29, 0.717) is 26.7 Å². The van der Waals surface area contributed by atoms with Crippen molar-refractivity contribution < 1.29 is 18.3 Å². The molecule has 132 heavy (non-hydrogen) atoms. The fraction of sp³-hybridized carbons (Fsp3) is 0.323. The normalized spacial score (nSPS) is 12.5. The first-order valence-corrected chi connectivity index (χ1v) is 58.8. The molecule has 0 fully saturated rings. The zero-order chi connectivity index (χ0) is 95.7. The monoisotopic (exact) mass is 1810 g/mol. The van der Waals surface area contributed by atoms with Crippen LogP contribution in [0.2, 0.25) is 68.5 Å². The number of nitrogens with zero attached hydrogens (tertiary/aromatic N) is 4. The smallest absolute Gasteiger partial charge is 0.200 e. The molecule has 0 radical (unpaired) electrons. The van der Waals surface area contributed by atoms with Crippen LogP contribution in [0, 0.1) is 27.7 Å². The summed E-state index contributed by atoms with van der Waals surface area (Å²) in [6.07, 6.45) is 8.90. The number of fused-ring (bicyclic) bond motifs is 4. The Morgan fingerprint density at radius 2 is 0.492 bits per heavy atom. The first-order chi connectivity index (χ1) is 62.3. The van der Waals surface area contributed by atoms with Crippen molar-refractivity contribution in [2.24, 2.45) is 28.2 Å². The van der Waals surface area contributed by atoms with Gasteiger partial charge in [0, 0.05) is 24.3 Å². The van der Waals surface area contributed by atoms with E-state index in [2.05, 4.69) is 548 Å². The van der Waals surface area contributed by atoms with Gasteiger partial charge in [0.1, 0.15) is 28.2 Å². The summed E-state index contributed by atoms with van der Waals surface area (Å²) in [4.78, 5) is 0. The molecule has 4 heterocycles. The van der Waals surface area contributed by atoms with Crippen molar-refractivity contribution in [2.75, 3.05) is 0 Å². The third-order valence-electron chi connectivity index (χ3n) is 31.7. The van der Waals surface area contributed by atoms with Crippen LogP contribution in [-0.4, -0.2) is 32.3 Å². The third-order valence-corrected chi connectivity index (χ3v) is 58.4. The summed E-state index contributed by atoms with van der Waals surface area (Å²) in [5.41, 5.74) is 27.8. The van der Waals surface area contributed by atoms with E-state index < -0.39 is 32.3 Å². The SMILES string of the molecule is CC[Si](CC)(c1ccc2c(-c3cc(-c4ccccc4)ccc3C)[n+](C)ccc2c1)C(C)(C)C.Cc1ccc(-c2ccccc2)cc1-c1c2ccc([Si](C(C)C)(C(C)C)C(C)C)cc2cc[n+]1C.Cc1ccc(-c2ccccc2)cc1-c1c2ccc([Si](C)(C(C)(C)C)C(C)(C)C)cc2cc[n+]1C.Cc1ccc(-c2ccccc2)cc1-c1c2ccc([Si](C)(C)C(C)(C)C)cc2cc[n+]1C. The van der Waals surface area contributed by atoms with Crippen molar-refractivity contribution >= 4 is 96.1 Å². The van der Waals surface area contributed by atoms with Gasteiger partial charge in [0.25, 0.3) is 0 Å². The standard InChI is InChI=1S/2C32H40NSi.C31H38NSi.C29H34NSi/c1-23-15-16-25(24-13-11-10-12-14-24)22-29(23)30-28-18-17-27(21-26(28)19-20-33(30)8)34(9,31(2,3)4)32(5,6)7;1-22(2)34(23(3)4,24(5)6)29-16-17-30-28(20-29)18-19-33(8)32(30)31-21-27(15-14-25(31)7)26-12-10-9-11-13-26;1-8-33(9-2,31(4,5)6)27-17-18-28-26(21-27)19-20-32(7)30(28)29-22-25(16-15-23(29)3)24-13-11-10-12-14-24;1-21-13-14-23(22-11-9-8-10-12-22)20-27(21)28-26-16-15-25(31(6,7)29(2,3)4)19-24(26)17-18-30(28)5/h10-22H,1-9H3;9-24H,1-8H3;10-22H,8-9H2,1-7H3;8-20H,1-7H3/q4*+1. The summed E-state index contributed by atoms with van der Waals surface area (Å²) in [5, 5.41) is 18.2. The first kappa shape index (κ1) is 98.6. The molecule has 0 aliphatic rings. The number of aryl methyl sites for hydroxylation is 8. The average molecular weight is 1810 g/mol. The summed E-state index contributed by atoms with van der Waals surface area (Å²) in [6.45, 7) is 65.1. The van der Waals surface area contributed by atoms with Crippen molar-refractivity contribution in [3.8, 4) is 89.5 Å². The lowest BCUT2D eigenvalue weighted by atomic mass is 9.95. The van der Waals surface area contributed by atoms with Crippen molar-refractivity contribution in [2.45, 2.75) is 235 Å². The number of rotatable bonds is 17. The van der Waals surface area contributed by atoms with Crippen LogP contribution in [0.1, 0.15) is 161 Å². The molecule has 0 N–H and O–H groups in total. The molecular formula is C124H152N4Si4+4. The molecule has 16 aromatic rings. The van der Waals surface area contributed by atoms with Crippen LogP contribution in [0.5, 0.6) is 0 Å². The van der Waals surface area contributed by atoms with E-state index in [1.165, 1.54) is 172 Å². The molecule has 0 spiro atoms. The largest absolute Gasteiger partial charge is 0.220 e. The minimum absolute atomic E-state index is 0.266. The second kappa shape index (κ2) is 39.4. The van der Waals surface area contributed by atoms with Crippen LogP contribution in [-0.2, 0) is 28.2 Å². The van der Waals surface area contributed by atoms with Gasteiger partial charge in [-0.25, -0.2) is 18.3 Å². The molecule has 0 aliphatic carbocycles. The molecule has 4 nitrogen and oxygen atoms in total. The molecule has 0 unspecified atom stereocenters. The summed E-state index contributed by atoms with van der Waals surface area (Å²) < 4.78 is 9.12. The number of pyridine rings is 4. The van der Waals surface area contributed by atoms with E-state index >= 15 is 0 Å². The van der Waals surface area contributed by atoms with Gasteiger partial charge in [0.15, 0.2) is 24.8 Å². The van der Waals surface area contributed by atoms with Crippen LogP contribution in [0.3, 0.4) is 0 Å². The zero-order valence-corrected chi connectivity index (χ0v) is 90.0. The van der Waals surface area contributed by atoms with Crippen LogP contribution in [0.25, 0.3) is 133 Å². The molecule has 0 atom stereocenters. The van der Waals surface area contributed by atoms with Gasteiger partial charge in [-0.05, 0) is 201 Å². The maximum absolute atomic E-state index is 2.57. The Morgan fingerprint density at radius 3 is 0.742 bits per heavy atom. The van der Waals surface area contributed by atoms with Crippen molar-refractivity contribution in [3.63, 3.8) is 0 Å². The van der Waals surface area contributed by atoms with E-state index in [1.807, 2.05) is 0 Å². The Hall–Kier alpha value is -10.9. The number of hydrogen-bond acceptors (Lipinski definition) is 0. The highest BCUT2D eigenvalue weighted by Crippen LogP contribution is 2.52. The highest BCUT2D eigenvalue weighted by molar-refractivity contribution is 6.96. The van der Waals surface area contributed by atoms with Gasteiger partial charge in [0.2, 0.25) is 22.8 Å². The fourth-order valence-corrected chi connectivity index (χ4v) is 41.1. The predicted molar refractivity (Wildman–Crippen MR) is 587 cm³/mol. The van der Waals surface area contributed by atoms with E-state index in [9.17, 15) is 0 Å². The fourth-order valence-electron chi connectivity index (χ4n) is 22.4. The molecule has 0 saturated carbocycles. The van der Waals surface area contributed by atoms with Gasteiger partial charge in [0.05, 0.1) is 76.1 Å². The number of aromatic nitrogens is 4. The van der Waals surface area contributed by atoms with Crippen LogP contribution >= 0.6 is 0 Å². The van der Waals surface area contributed by atoms with Crippen LogP contribution in [0.4, 0.5) is 0 Å². The Balaban J connectivity index is 0.000000150. The van der Waals surface area contributed by atoms with Gasteiger partial charge in [-0.15, -0.1) is 0 Å². The van der Waals surface area contributed by atoms with Gasteiger partial charge >= 0.3 is 0 Å². The van der Waals surface area contributed by atoms with Crippen molar-refractivity contribution in [1.29, 1.82) is 0 Å². The average Bonchev–Trinajstić information content (AvgIpc) is 0.717. The van der Waals surface area contributed by atoms with Crippen LogP contribution < -0.4 is 39.0 Å². The molecular weight excluding hydrogens is 1660 g/mol. The molecule has 0 saturated heterocycles. The number of hydrogen-bond donors (Lipinski definition) is 0. The van der Waals surface area contributed by atoms with Gasteiger partial charge in [-0.1, -0.05) is 409 Å². The Bertz CT molecular complexity index is 6600. The highest BCUT2D eigenvalue weighted by Gasteiger charge is 2.51. The molecule has 680 valence electrons. The minimum atomic E-state index is -1.83. The zero-order valence-electron chi connectivity index (χ0n) is 86.0. The molecule has 0 bridgehead atoms. The molecule has 0 amide bonds. The molecule has 0 aliphatic heterocycles. The van der Waals surface area contributed by atoms with Gasteiger partial charge in [-0.2, -0.15) is 0 Å². The van der Waals surface area contributed by atoms with E-state index in [1.54, 1.807) is 15.6 Å². The lowest BCUT2D eigenvalue weighted by Gasteiger charge is -2.50. The van der Waals surface area contributed by atoms with Crippen LogP contribution in [0.15, 0.2) is 316 Å². The summed E-state index contributed by atoms with van der Waals surface area (Å²) in [7, 11) is 1.94. The Kier molecular flexibility index (Phi) is 29.4. The maximum atomic E-state index is 2.57. The topological polar surface area (TPSA) is 15.5 Å². The van der Waals surface area contributed by atoms with Crippen molar-refractivity contribution in [3.05, 3.63) is 338 Å². The second-order valence-electron chi connectivity index (χ2n) is 43.8. The lowest BCUT2D eigenvalue weighted by molar-refractivity contribution is -0.659. The Morgan fingerprint density at radius 1 is 0.250 bits per heavy atom. The van der Waals surface area contributed by atoms with E-state index in [-0.39, 0.29) is 10.1 Å². The molecule has 4 aromatic heterocycles. The minimum Gasteiger partial charge on any atom is -0.200 e. The first-order valence-electron chi connectivity index (χ1n) is 48.7. The summed E-state index contributed by atoms with van der Waals surface area (Å²) >= 11 is 0. The maximum Gasteiger partial charge on any atom is 0.220 e. The Labute approximate surface area is 799 Å². The predicted octanol–water partition coefficient (Wildman–Crippen LogP) is 31.2. The third kappa shape index (κ3) is 19.4. The van der Waals surface area contributed by atoms with E-state index in [4.69, 9.17) is 0 Å². The quantitative estimate of drug-likeness (QED) is 0.0638. The summed E-state index contributed by atoms with van der Waals surface area (Å²) in [5.74, 6) is 0. The van der Waals surface area contributed by atoms with Gasteiger partial charge in [-0.3, -0.25) is 0 Å². The molecule has 12 aromatic carbocycles. The second-order valence-corrected chi connectivity index (χ2v) is 66.5. The molecule has 8 heteroatoms. The summed E-state index contributed by atoms with van der Waals surface area (Å²) in [6, 6.07) is 111. The highest BCUT2D eigenvalue weighted by atomic mass is 28.3. The van der Waals surface area contributed by atoms with Crippen molar-refractivity contribution in [1.82, 2.24) is 0 Å². The lowest BCUT2D eigenvalue weighted by Crippen LogP contribution is -2.58. The molecule has 16 rings (SSSR count). The van der Waals surface area contributed by atoms with E-state index in [0.717, 1.165) is 0 Å².